The number of furan rings is 1. The lowest BCUT2D eigenvalue weighted by molar-refractivity contribution is 0.0693. The summed E-state index contributed by atoms with van der Waals surface area (Å²) < 4.78 is 6.56. The van der Waals surface area contributed by atoms with Crippen molar-refractivity contribution in [2.75, 3.05) is 0 Å². The van der Waals surface area contributed by atoms with Gasteiger partial charge in [-0.15, -0.1) is 0 Å². The number of hydrogen-bond donors (Lipinski definition) is 1. The van der Waals surface area contributed by atoms with E-state index >= 15 is 0 Å². The number of carbonyl (C=O) groups excluding carboxylic acids is 1. The zero-order valence-electron chi connectivity index (χ0n) is 19.6. The molecule has 9 heteroatoms. The van der Waals surface area contributed by atoms with Gasteiger partial charge in [0.25, 0.3) is 11.5 Å². The Morgan fingerprint density at radius 1 is 1.00 bits per heavy atom. The first-order valence-electron chi connectivity index (χ1n) is 11.7. The lowest BCUT2D eigenvalue weighted by atomic mass is 9.92. The molecular weight excluding hydrogens is 589 g/mol. The Labute approximate surface area is 235 Å². The number of rotatable bonds is 4. The van der Waals surface area contributed by atoms with Crippen molar-refractivity contribution in [2.24, 2.45) is 5.10 Å². The van der Waals surface area contributed by atoms with Crippen LogP contribution in [0.25, 0.3) is 22.0 Å². The molecule has 5 aromatic rings. The van der Waals surface area contributed by atoms with Gasteiger partial charge in [-0.1, -0.05) is 69.5 Å². The van der Waals surface area contributed by atoms with Crippen molar-refractivity contribution in [1.82, 2.24) is 9.99 Å². The van der Waals surface area contributed by atoms with Crippen LogP contribution in [0.4, 0.5) is 0 Å². The minimum absolute atomic E-state index is 0.211. The summed E-state index contributed by atoms with van der Waals surface area (Å²) in [5, 5.41) is 7.54. The molecule has 0 saturated heterocycles. The maximum atomic E-state index is 13.7. The number of nitrogens with zero attached hydrogens (tertiary/aromatic N) is 2. The maximum absolute atomic E-state index is 13.7. The molecule has 1 N–H and O–H groups in total. The van der Waals surface area contributed by atoms with E-state index in [4.69, 9.17) is 32.7 Å². The molecular formula is C29H18BrCl2N3O3. The van der Waals surface area contributed by atoms with Crippen LogP contribution in [0, 0.1) is 0 Å². The highest BCUT2D eigenvalue weighted by molar-refractivity contribution is 9.10. The first kappa shape index (κ1) is 24.7. The Bertz CT molecular complexity index is 1780. The second kappa shape index (κ2) is 9.91. The molecule has 0 spiro atoms. The Morgan fingerprint density at radius 3 is 2.55 bits per heavy atom. The number of H-pyrrole nitrogens is 1. The minimum Gasteiger partial charge on any atom is -0.467 e. The third-order valence-corrected chi connectivity index (χ3v) is 7.52. The average molecular weight is 607 g/mol. The molecule has 0 bridgehead atoms. The van der Waals surface area contributed by atoms with Gasteiger partial charge in [0.2, 0.25) is 0 Å². The third kappa shape index (κ3) is 4.36. The minimum atomic E-state index is -0.569. The van der Waals surface area contributed by atoms with Crippen molar-refractivity contribution in [1.29, 1.82) is 0 Å². The Hall–Kier alpha value is -3.65. The van der Waals surface area contributed by atoms with Gasteiger partial charge in [0, 0.05) is 32.4 Å². The number of halogens is 3. The zero-order valence-corrected chi connectivity index (χ0v) is 22.7. The van der Waals surface area contributed by atoms with Crippen molar-refractivity contribution in [3.8, 4) is 11.1 Å². The van der Waals surface area contributed by atoms with Gasteiger partial charge in [0.15, 0.2) is 0 Å². The van der Waals surface area contributed by atoms with E-state index in [1.807, 2.05) is 48.5 Å². The van der Waals surface area contributed by atoms with E-state index in [0.717, 1.165) is 21.0 Å². The Morgan fingerprint density at radius 2 is 1.82 bits per heavy atom. The first-order valence-corrected chi connectivity index (χ1v) is 13.3. The van der Waals surface area contributed by atoms with Gasteiger partial charge < -0.3 is 9.40 Å². The second-order valence-corrected chi connectivity index (χ2v) is 10.6. The van der Waals surface area contributed by atoms with Crippen LogP contribution in [0.5, 0.6) is 0 Å². The molecule has 0 aliphatic carbocycles. The van der Waals surface area contributed by atoms with Crippen LogP contribution < -0.4 is 5.56 Å². The van der Waals surface area contributed by atoms with Crippen LogP contribution in [0.15, 0.2) is 104 Å². The number of aromatic nitrogens is 1. The third-order valence-electron chi connectivity index (χ3n) is 6.48. The molecule has 1 aliphatic rings. The quantitative estimate of drug-likeness (QED) is 0.226. The van der Waals surface area contributed by atoms with E-state index in [0.29, 0.717) is 27.6 Å². The van der Waals surface area contributed by atoms with Gasteiger partial charge in [-0.2, -0.15) is 5.10 Å². The molecule has 3 heterocycles. The smallest absolute Gasteiger partial charge is 0.276 e. The van der Waals surface area contributed by atoms with Gasteiger partial charge in [0.1, 0.15) is 11.8 Å². The van der Waals surface area contributed by atoms with E-state index in [2.05, 4.69) is 20.9 Å². The van der Waals surface area contributed by atoms with Crippen molar-refractivity contribution in [3.63, 3.8) is 0 Å². The highest BCUT2D eigenvalue weighted by Gasteiger charge is 2.38. The van der Waals surface area contributed by atoms with Crippen LogP contribution in [0.3, 0.4) is 0 Å². The summed E-state index contributed by atoms with van der Waals surface area (Å²) >= 11 is 16.0. The van der Waals surface area contributed by atoms with Gasteiger partial charge in [-0.05, 0) is 54.1 Å². The standard InChI is InChI=1S/C29H18BrCl2N3O3/c30-17-8-11-22-20(13-17)26(16-5-2-1-3-6-16)27(28(36)33-22)23-15-24(25-7-4-12-38-25)35(34-23)29(37)19-10-9-18(31)14-21(19)32/h1-14,24H,15H2,(H,33,36). The number of amides is 1. The average Bonchev–Trinajstić information content (AvgIpc) is 3.59. The van der Waals surface area contributed by atoms with Crippen LogP contribution in [0.1, 0.15) is 34.1 Å². The van der Waals surface area contributed by atoms with Crippen LogP contribution in [-0.4, -0.2) is 21.6 Å². The second-order valence-electron chi connectivity index (χ2n) is 8.82. The highest BCUT2D eigenvalue weighted by Crippen LogP contribution is 2.38. The molecule has 3 aromatic carbocycles. The van der Waals surface area contributed by atoms with E-state index in [9.17, 15) is 9.59 Å². The fourth-order valence-electron chi connectivity index (χ4n) is 4.78. The number of hydrogen-bond acceptors (Lipinski definition) is 4. The largest absolute Gasteiger partial charge is 0.467 e. The SMILES string of the molecule is O=C(c1ccc(Cl)cc1Cl)N1N=C(c2c(-c3ccccc3)c3cc(Br)ccc3[nH]c2=O)CC1c1ccco1. The summed E-state index contributed by atoms with van der Waals surface area (Å²) in [5.41, 5.74) is 3.11. The molecule has 1 amide bonds. The molecule has 188 valence electrons. The summed E-state index contributed by atoms with van der Waals surface area (Å²) in [7, 11) is 0. The number of nitrogens with one attached hydrogen (secondary N) is 1. The van der Waals surface area contributed by atoms with Crippen molar-refractivity contribution >= 4 is 61.7 Å². The number of carbonyl (C=O) groups is 1. The number of fused-ring (bicyclic) bond motifs is 1. The summed E-state index contributed by atoms with van der Waals surface area (Å²) in [5.74, 6) is 0.118. The van der Waals surface area contributed by atoms with E-state index in [-0.39, 0.29) is 22.6 Å². The molecule has 6 nitrogen and oxygen atoms in total. The van der Waals surface area contributed by atoms with Crippen molar-refractivity contribution in [2.45, 2.75) is 12.5 Å². The van der Waals surface area contributed by atoms with E-state index in [1.54, 1.807) is 30.5 Å². The summed E-state index contributed by atoms with van der Waals surface area (Å²) in [6, 6.07) is 23.0. The molecule has 6 rings (SSSR count). The summed E-state index contributed by atoms with van der Waals surface area (Å²) in [6.07, 6.45) is 1.81. The van der Waals surface area contributed by atoms with E-state index in [1.165, 1.54) is 11.1 Å². The van der Waals surface area contributed by atoms with Crippen LogP contribution in [0.2, 0.25) is 10.0 Å². The lowest BCUT2D eigenvalue weighted by Crippen LogP contribution is -2.27. The Balaban J connectivity index is 1.57. The van der Waals surface area contributed by atoms with Crippen LogP contribution >= 0.6 is 39.1 Å². The maximum Gasteiger partial charge on any atom is 0.276 e. The molecule has 1 unspecified atom stereocenters. The fraction of sp³-hybridized carbons (Fsp3) is 0.0690. The topological polar surface area (TPSA) is 78.7 Å². The number of aromatic amines is 1. The van der Waals surface area contributed by atoms with Gasteiger partial charge in [0.05, 0.1) is 28.1 Å². The molecule has 1 aliphatic heterocycles. The number of hydrazone groups is 1. The summed E-state index contributed by atoms with van der Waals surface area (Å²) in [6.45, 7) is 0. The first-order chi connectivity index (χ1) is 18.4. The summed E-state index contributed by atoms with van der Waals surface area (Å²) in [4.78, 5) is 30.3. The van der Waals surface area contributed by atoms with Gasteiger partial charge in [-0.3, -0.25) is 9.59 Å². The molecule has 0 saturated carbocycles. The molecule has 0 fully saturated rings. The van der Waals surface area contributed by atoms with Gasteiger partial charge >= 0.3 is 0 Å². The molecule has 1 atom stereocenters. The van der Waals surface area contributed by atoms with Gasteiger partial charge in [-0.25, -0.2) is 5.01 Å². The number of pyridine rings is 1. The predicted octanol–water partition coefficient (Wildman–Crippen LogP) is 7.85. The lowest BCUT2D eigenvalue weighted by Gasteiger charge is -2.20. The normalized spacial score (nSPS) is 15.2. The molecule has 2 aromatic heterocycles. The van der Waals surface area contributed by atoms with Crippen LogP contribution in [-0.2, 0) is 0 Å². The van der Waals surface area contributed by atoms with Crippen molar-refractivity contribution in [3.05, 3.63) is 127 Å². The van der Waals surface area contributed by atoms with E-state index < -0.39 is 11.9 Å². The number of benzene rings is 3. The molecule has 0 radical (unpaired) electrons. The van der Waals surface area contributed by atoms with Crippen molar-refractivity contribution < 1.29 is 9.21 Å². The Kier molecular flexibility index (Phi) is 6.43. The zero-order chi connectivity index (χ0) is 26.4. The predicted molar refractivity (Wildman–Crippen MR) is 153 cm³/mol. The highest BCUT2D eigenvalue weighted by atomic mass is 79.9. The monoisotopic (exact) mass is 605 g/mol. The fourth-order valence-corrected chi connectivity index (χ4v) is 5.63. The molecule has 38 heavy (non-hydrogen) atoms.